The number of fused-ring (bicyclic) bond motifs is 1. The molecule has 0 aliphatic heterocycles. The zero-order chi connectivity index (χ0) is 16.9. The van der Waals surface area contributed by atoms with Crippen molar-refractivity contribution in [1.29, 1.82) is 0 Å². The summed E-state index contributed by atoms with van der Waals surface area (Å²) in [6, 6.07) is 14.1. The number of hydrogen-bond acceptors (Lipinski definition) is 3. The van der Waals surface area contributed by atoms with Crippen LogP contribution >= 0.6 is 0 Å². The molecule has 3 aromatic rings. The van der Waals surface area contributed by atoms with Crippen LogP contribution in [0.25, 0.3) is 11.0 Å². The van der Waals surface area contributed by atoms with Gasteiger partial charge in [-0.05, 0) is 55.7 Å². The van der Waals surface area contributed by atoms with E-state index in [0.29, 0.717) is 13.2 Å². The monoisotopic (exact) mass is 324 g/mol. The van der Waals surface area contributed by atoms with Crippen molar-refractivity contribution in [3.63, 3.8) is 0 Å². The van der Waals surface area contributed by atoms with Crippen molar-refractivity contribution >= 4 is 11.0 Å². The molecule has 3 rings (SSSR count). The van der Waals surface area contributed by atoms with E-state index in [1.165, 1.54) is 11.1 Å². The number of aliphatic hydroxyl groups excluding tert-OH is 1. The average Bonchev–Trinajstić information content (AvgIpc) is 2.90. The Kier molecular flexibility index (Phi) is 5.16. The fourth-order valence-corrected chi connectivity index (χ4v) is 2.91. The van der Waals surface area contributed by atoms with Crippen molar-refractivity contribution in [2.45, 2.75) is 33.2 Å². The molecule has 1 N–H and O–H groups in total. The van der Waals surface area contributed by atoms with Gasteiger partial charge in [0.05, 0.1) is 24.2 Å². The number of imidazole rings is 1. The van der Waals surface area contributed by atoms with E-state index in [1.54, 1.807) is 0 Å². The first-order chi connectivity index (χ1) is 11.7. The van der Waals surface area contributed by atoms with Crippen LogP contribution in [0.2, 0.25) is 0 Å². The minimum absolute atomic E-state index is 0.117. The number of nitrogens with zero attached hydrogens (tertiary/aromatic N) is 2. The standard InChI is InChI=1S/C20H24N2O2/c1-15-13-18-19(14-16(15)2)22(10-11-23)20(21-18)9-6-12-24-17-7-4-3-5-8-17/h3-5,7-8,13-14,23H,6,9-12H2,1-2H3. The summed E-state index contributed by atoms with van der Waals surface area (Å²) in [4.78, 5) is 4.77. The van der Waals surface area contributed by atoms with Crippen LogP contribution in [0.4, 0.5) is 0 Å². The fourth-order valence-electron chi connectivity index (χ4n) is 2.91. The van der Waals surface area contributed by atoms with E-state index in [2.05, 4.69) is 30.5 Å². The highest BCUT2D eigenvalue weighted by atomic mass is 16.5. The minimum atomic E-state index is 0.117. The summed E-state index contributed by atoms with van der Waals surface area (Å²) in [5.74, 6) is 1.91. The maximum atomic E-state index is 9.39. The third-order valence-corrected chi connectivity index (χ3v) is 4.32. The van der Waals surface area contributed by atoms with Crippen molar-refractivity contribution in [3.05, 3.63) is 59.4 Å². The molecule has 4 nitrogen and oxygen atoms in total. The Labute approximate surface area is 142 Å². The zero-order valence-corrected chi connectivity index (χ0v) is 14.3. The van der Waals surface area contributed by atoms with Crippen LogP contribution in [-0.4, -0.2) is 27.9 Å². The highest BCUT2D eigenvalue weighted by Crippen LogP contribution is 2.21. The van der Waals surface area contributed by atoms with Gasteiger partial charge in [-0.3, -0.25) is 0 Å². The van der Waals surface area contributed by atoms with Gasteiger partial charge in [-0.2, -0.15) is 0 Å². The molecular weight excluding hydrogens is 300 g/mol. The van der Waals surface area contributed by atoms with Crippen LogP contribution in [0.3, 0.4) is 0 Å². The second-order valence-electron chi connectivity index (χ2n) is 6.09. The smallest absolute Gasteiger partial charge is 0.119 e. The highest BCUT2D eigenvalue weighted by molar-refractivity contribution is 5.78. The molecule has 1 heterocycles. The SMILES string of the molecule is Cc1cc2nc(CCCOc3ccccc3)n(CCO)c2cc1C. The predicted molar refractivity (Wildman–Crippen MR) is 96.6 cm³/mol. The van der Waals surface area contributed by atoms with E-state index in [4.69, 9.17) is 9.72 Å². The fraction of sp³-hybridized carbons (Fsp3) is 0.350. The van der Waals surface area contributed by atoms with Crippen LogP contribution in [0.1, 0.15) is 23.4 Å². The second-order valence-corrected chi connectivity index (χ2v) is 6.09. The van der Waals surface area contributed by atoms with Crippen LogP contribution in [0.5, 0.6) is 5.75 Å². The molecule has 0 saturated heterocycles. The van der Waals surface area contributed by atoms with Gasteiger partial charge >= 0.3 is 0 Å². The molecule has 24 heavy (non-hydrogen) atoms. The number of aliphatic hydroxyl groups is 1. The molecule has 126 valence electrons. The summed E-state index contributed by atoms with van der Waals surface area (Å²) in [5.41, 5.74) is 4.60. The molecule has 0 fully saturated rings. The third-order valence-electron chi connectivity index (χ3n) is 4.32. The molecule has 4 heteroatoms. The minimum Gasteiger partial charge on any atom is -0.494 e. The molecular formula is C20H24N2O2. The highest BCUT2D eigenvalue weighted by Gasteiger charge is 2.11. The summed E-state index contributed by atoms with van der Waals surface area (Å²) >= 11 is 0. The number of rotatable bonds is 7. The van der Waals surface area contributed by atoms with Gasteiger partial charge in [0.15, 0.2) is 0 Å². The van der Waals surface area contributed by atoms with Crippen molar-refractivity contribution in [2.75, 3.05) is 13.2 Å². The number of ether oxygens (including phenoxy) is 1. The third kappa shape index (κ3) is 3.60. The Morgan fingerprint density at radius 1 is 1.08 bits per heavy atom. The molecule has 2 aromatic carbocycles. The number of aromatic nitrogens is 2. The molecule has 0 atom stereocenters. The van der Waals surface area contributed by atoms with Crippen molar-refractivity contribution < 1.29 is 9.84 Å². The van der Waals surface area contributed by atoms with Crippen molar-refractivity contribution in [1.82, 2.24) is 9.55 Å². The lowest BCUT2D eigenvalue weighted by molar-refractivity contribution is 0.274. The van der Waals surface area contributed by atoms with E-state index in [0.717, 1.165) is 35.4 Å². The first-order valence-corrected chi connectivity index (χ1v) is 8.44. The Morgan fingerprint density at radius 3 is 2.58 bits per heavy atom. The molecule has 0 radical (unpaired) electrons. The number of benzene rings is 2. The summed E-state index contributed by atoms with van der Waals surface area (Å²) in [6.45, 7) is 5.57. The predicted octanol–water partition coefficient (Wildman–Crippen LogP) is 3.66. The Hall–Kier alpha value is -2.33. The number of para-hydroxylation sites is 1. The van der Waals surface area contributed by atoms with Crippen LogP contribution < -0.4 is 4.74 Å². The van der Waals surface area contributed by atoms with E-state index >= 15 is 0 Å². The summed E-state index contributed by atoms with van der Waals surface area (Å²) in [6.07, 6.45) is 1.72. The molecule has 0 saturated carbocycles. The maximum Gasteiger partial charge on any atom is 0.119 e. The van der Waals surface area contributed by atoms with Crippen molar-refractivity contribution in [3.8, 4) is 5.75 Å². The van der Waals surface area contributed by atoms with Gasteiger partial charge in [0, 0.05) is 13.0 Å². The van der Waals surface area contributed by atoms with Gasteiger partial charge in [0.2, 0.25) is 0 Å². The second kappa shape index (κ2) is 7.49. The molecule has 0 aliphatic carbocycles. The quantitative estimate of drug-likeness (QED) is 0.675. The largest absolute Gasteiger partial charge is 0.494 e. The van der Waals surface area contributed by atoms with Gasteiger partial charge in [0.1, 0.15) is 11.6 Å². The first kappa shape index (κ1) is 16.5. The van der Waals surface area contributed by atoms with E-state index in [-0.39, 0.29) is 6.61 Å². The van der Waals surface area contributed by atoms with Crippen LogP contribution in [0.15, 0.2) is 42.5 Å². The van der Waals surface area contributed by atoms with E-state index in [9.17, 15) is 5.11 Å². The Bertz CT molecular complexity index is 809. The molecule has 0 bridgehead atoms. The van der Waals surface area contributed by atoms with Gasteiger partial charge < -0.3 is 14.4 Å². The number of hydrogen-bond donors (Lipinski definition) is 1. The Balaban J connectivity index is 1.72. The molecule has 0 spiro atoms. The molecule has 0 aliphatic rings. The summed E-state index contributed by atoms with van der Waals surface area (Å²) in [7, 11) is 0. The van der Waals surface area contributed by atoms with Crippen molar-refractivity contribution in [2.24, 2.45) is 0 Å². The maximum absolute atomic E-state index is 9.39. The lowest BCUT2D eigenvalue weighted by atomic mass is 10.1. The first-order valence-electron chi connectivity index (χ1n) is 8.44. The molecule has 1 aromatic heterocycles. The zero-order valence-electron chi connectivity index (χ0n) is 14.3. The van der Waals surface area contributed by atoms with Crippen LogP contribution in [-0.2, 0) is 13.0 Å². The molecule has 0 unspecified atom stereocenters. The normalized spacial score (nSPS) is 11.1. The van der Waals surface area contributed by atoms with Gasteiger partial charge in [-0.15, -0.1) is 0 Å². The van der Waals surface area contributed by atoms with Gasteiger partial charge in [-0.25, -0.2) is 4.98 Å². The number of aryl methyl sites for hydroxylation is 3. The lowest BCUT2D eigenvalue weighted by Crippen LogP contribution is -2.09. The molecule has 0 amide bonds. The summed E-state index contributed by atoms with van der Waals surface area (Å²) < 4.78 is 7.88. The summed E-state index contributed by atoms with van der Waals surface area (Å²) in [5, 5.41) is 9.39. The Morgan fingerprint density at radius 2 is 1.83 bits per heavy atom. The van der Waals surface area contributed by atoms with Crippen LogP contribution in [0, 0.1) is 13.8 Å². The van der Waals surface area contributed by atoms with Gasteiger partial charge in [-0.1, -0.05) is 18.2 Å². The van der Waals surface area contributed by atoms with E-state index < -0.39 is 0 Å². The average molecular weight is 324 g/mol. The van der Waals surface area contributed by atoms with Gasteiger partial charge in [0.25, 0.3) is 0 Å². The van der Waals surface area contributed by atoms with E-state index in [1.807, 2.05) is 30.3 Å². The lowest BCUT2D eigenvalue weighted by Gasteiger charge is -2.09. The topological polar surface area (TPSA) is 47.3 Å².